The molecule has 2 aromatic carbocycles. The molecule has 0 bridgehead atoms. The normalized spacial score (nSPS) is 14.1. The van der Waals surface area contributed by atoms with E-state index in [9.17, 15) is 0 Å². The Labute approximate surface area is 181 Å². The van der Waals surface area contributed by atoms with E-state index in [1.165, 1.54) is 5.69 Å². The predicted molar refractivity (Wildman–Crippen MR) is 122 cm³/mol. The minimum absolute atomic E-state index is 0.757. The van der Waals surface area contributed by atoms with Crippen LogP contribution in [0.4, 0.5) is 11.5 Å². The van der Waals surface area contributed by atoms with Gasteiger partial charge >= 0.3 is 0 Å². The first-order chi connectivity index (χ1) is 15.2. The van der Waals surface area contributed by atoms with Crippen molar-refractivity contribution in [3.05, 3.63) is 67.1 Å². The van der Waals surface area contributed by atoms with Crippen molar-refractivity contribution in [3.8, 4) is 22.6 Å². The third-order valence-electron chi connectivity index (χ3n) is 5.77. The molecule has 5 rings (SSSR count). The first-order valence-corrected chi connectivity index (χ1v) is 10.4. The number of para-hydroxylation sites is 1. The second kappa shape index (κ2) is 8.18. The molecule has 2 aromatic heterocycles. The molecule has 0 atom stereocenters. The summed E-state index contributed by atoms with van der Waals surface area (Å²) >= 11 is 0. The van der Waals surface area contributed by atoms with Gasteiger partial charge in [0.05, 0.1) is 14.2 Å². The topological polar surface area (TPSA) is 55.1 Å². The van der Waals surface area contributed by atoms with E-state index in [1.807, 2.05) is 28.9 Å². The molecule has 0 amide bonds. The third-order valence-corrected chi connectivity index (χ3v) is 5.77. The van der Waals surface area contributed by atoms with Crippen LogP contribution in [0.2, 0.25) is 0 Å². The Morgan fingerprint density at radius 1 is 0.774 bits per heavy atom. The van der Waals surface area contributed by atoms with Gasteiger partial charge in [0.25, 0.3) is 0 Å². The SMILES string of the molecule is COc1cc(OC)cc(-c2cc3c(N4CCN(c5ccccc5)CC4)ncnn3c2)c1. The van der Waals surface area contributed by atoms with Crippen LogP contribution in [0, 0.1) is 0 Å². The Hall–Kier alpha value is -3.74. The molecule has 1 aliphatic heterocycles. The van der Waals surface area contributed by atoms with Crippen molar-refractivity contribution in [2.75, 3.05) is 50.2 Å². The van der Waals surface area contributed by atoms with Crippen LogP contribution in [-0.2, 0) is 0 Å². The standard InChI is InChI=1S/C24H25N5O2/c1-30-21-12-18(13-22(15-21)31-2)19-14-23-24(25-17-26-29(23)16-19)28-10-8-27(9-11-28)20-6-4-3-5-7-20/h3-7,12-17H,8-11H2,1-2H3. The third kappa shape index (κ3) is 3.74. The molecular formula is C24H25N5O2. The molecule has 0 N–H and O–H groups in total. The maximum atomic E-state index is 5.43. The van der Waals surface area contributed by atoms with Crippen LogP contribution >= 0.6 is 0 Å². The van der Waals surface area contributed by atoms with E-state index in [4.69, 9.17) is 9.47 Å². The highest BCUT2D eigenvalue weighted by Gasteiger charge is 2.21. The smallest absolute Gasteiger partial charge is 0.156 e. The summed E-state index contributed by atoms with van der Waals surface area (Å²) in [5, 5.41) is 4.44. The highest BCUT2D eigenvalue weighted by atomic mass is 16.5. The number of hydrogen-bond acceptors (Lipinski definition) is 6. The van der Waals surface area contributed by atoms with E-state index in [0.717, 1.165) is 60.1 Å². The van der Waals surface area contributed by atoms with Crippen LogP contribution in [-0.4, -0.2) is 55.0 Å². The summed E-state index contributed by atoms with van der Waals surface area (Å²) in [5.74, 6) is 2.48. The Morgan fingerprint density at radius 2 is 1.45 bits per heavy atom. The molecular weight excluding hydrogens is 390 g/mol. The average molecular weight is 415 g/mol. The molecule has 4 aromatic rings. The highest BCUT2D eigenvalue weighted by molar-refractivity contribution is 5.78. The van der Waals surface area contributed by atoms with Gasteiger partial charge in [-0.15, -0.1) is 0 Å². The number of anilines is 2. The van der Waals surface area contributed by atoms with E-state index in [1.54, 1.807) is 20.5 Å². The number of aromatic nitrogens is 3. The van der Waals surface area contributed by atoms with Crippen molar-refractivity contribution in [2.45, 2.75) is 0 Å². The summed E-state index contributed by atoms with van der Waals surface area (Å²) in [6.45, 7) is 3.74. The summed E-state index contributed by atoms with van der Waals surface area (Å²) in [5.41, 5.74) is 4.32. The van der Waals surface area contributed by atoms with E-state index < -0.39 is 0 Å². The van der Waals surface area contributed by atoms with Gasteiger partial charge < -0.3 is 19.3 Å². The lowest BCUT2D eigenvalue weighted by Crippen LogP contribution is -2.47. The number of rotatable bonds is 5. The van der Waals surface area contributed by atoms with Crippen molar-refractivity contribution in [3.63, 3.8) is 0 Å². The van der Waals surface area contributed by atoms with Gasteiger partial charge in [-0.3, -0.25) is 0 Å². The lowest BCUT2D eigenvalue weighted by atomic mass is 10.1. The van der Waals surface area contributed by atoms with E-state index in [2.05, 4.69) is 56.3 Å². The number of hydrogen-bond donors (Lipinski definition) is 0. The number of nitrogens with zero attached hydrogens (tertiary/aromatic N) is 5. The second-order valence-electron chi connectivity index (χ2n) is 7.55. The van der Waals surface area contributed by atoms with Gasteiger partial charge in [-0.1, -0.05) is 18.2 Å². The van der Waals surface area contributed by atoms with Crippen LogP contribution in [0.1, 0.15) is 0 Å². The summed E-state index contributed by atoms with van der Waals surface area (Å²) in [6.07, 6.45) is 3.65. The maximum Gasteiger partial charge on any atom is 0.156 e. The van der Waals surface area contributed by atoms with Crippen molar-refractivity contribution < 1.29 is 9.47 Å². The lowest BCUT2D eigenvalue weighted by molar-refractivity contribution is 0.394. The summed E-state index contributed by atoms with van der Waals surface area (Å²) in [7, 11) is 3.32. The van der Waals surface area contributed by atoms with E-state index >= 15 is 0 Å². The number of benzene rings is 2. The molecule has 0 unspecified atom stereocenters. The molecule has 0 radical (unpaired) electrons. The zero-order valence-electron chi connectivity index (χ0n) is 17.7. The Balaban J connectivity index is 1.43. The zero-order valence-corrected chi connectivity index (χ0v) is 17.7. The van der Waals surface area contributed by atoms with Crippen LogP contribution in [0.5, 0.6) is 11.5 Å². The molecule has 3 heterocycles. The summed E-state index contributed by atoms with van der Waals surface area (Å²) in [6, 6.07) is 18.6. The van der Waals surface area contributed by atoms with Crippen LogP contribution in [0.3, 0.4) is 0 Å². The number of ether oxygens (including phenoxy) is 2. The molecule has 1 aliphatic rings. The van der Waals surface area contributed by atoms with Gasteiger partial charge in [0.1, 0.15) is 23.3 Å². The first kappa shape index (κ1) is 19.2. The Kier molecular flexibility index (Phi) is 5.08. The van der Waals surface area contributed by atoms with Crippen molar-refractivity contribution >= 4 is 17.0 Å². The first-order valence-electron chi connectivity index (χ1n) is 10.4. The zero-order chi connectivity index (χ0) is 21.2. The Morgan fingerprint density at radius 3 is 2.13 bits per heavy atom. The second-order valence-corrected chi connectivity index (χ2v) is 7.55. The Bertz CT molecular complexity index is 1160. The fourth-order valence-electron chi connectivity index (χ4n) is 4.11. The molecule has 1 saturated heterocycles. The van der Waals surface area contributed by atoms with Gasteiger partial charge in [0.2, 0.25) is 0 Å². The van der Waals surface area contributed by atoms with Crippen molar-refractivity contribution in [1.29, 1.82) is 0 Å². The number of fused-ring (bicyclic) bond motifs is 1. The average Bonchev–Trinajstić information content (AvgIpc) is 3.29. The molecule has 158 valence electrons. The van der Waals surface area contributed by atoms with E-state index in [-0.39, 0.29) is 0 Å². The monoisotopic (exact) mass is 415 g/mol. The van der Waals surface area contributed by atoms with Crippen LogP contribution in [0.25, 0.3) is 16.6 Å². The van der Waals surface area contributed by atoms with Gasteiger partial charge in [0.15, 0.2) is 5.82 Å². The molecule has 0 spiro atoms. The molecule has 0 saturated carbocycles. The fraction of sp³-hybridized carbons (Fsp3) is 0.250. The number of piperazine rings is 1. The molecule has 0 aliphatic carbocycles. The molecule has 7 heteroatoms. The van der Waals surface area contributed by atoms with Gasteiger partial charge in [-0.05, 0) is 35.9 Å². The van der Waals surface area contributed by atoms with E-state index in [0.29, 0.717) is 0 Å². The maximum absolute atomic E-state index is 5.43. The molecule has 7 nitrogen and oxygen atoms in total. The predicted octanol–water partition coefficient (Wildman–Crippen LogP) is 3.74. The summed E-state index contributed by atoms with van der Waals surface area (Å²) in [4.78, 5) is 9.39. The largest absolute Gasteiger partial charge is 0.497 e. The highest BCUT2D eigenvalue weighted by Crippen LogP contribution is 2.32. The lowest BCUT2D eigenvalue weighted by Gasteiger charge is -2.36. The molecule has 1 fully saturated rings. The molecule has 31 heavy (non-hydrogen) atoms. The number of methoxy groups -OCH3 is 2. The summed E-state index contributed by atoms with van der Waals surface area (Å²) < 4.78 is 12.8. The van der Waals surface area contributed by atoms with Gasteiger partial charge in [-0.2, -0.15) is 5.10 Å². The van der Waals surface area contributed by atoms with Crippen LogP contribution < -0.4 is 19.3 Å². The fourth-order valence-corrected chi connectivity index (χ4v) is 4.11. The van der Waals surface area contributed by atoms with Crippen molar-refractivity contribution in [2.24, 2.45) is 0 Å². The quantitative estimate of drug-likeness (QED) is 0.495. The minimum Gasteiger partial charge on any atom is -0.497 e. The minimum atomic E-state index is 0.757. The van der Waals surface area contributed by atoms with Crippen molar-refractivity contribution in [1.82, 2.24) is 14.6 Å². The van der Waals surface area contributed by atoms with Crippen LogP contribution in [0.15, 0.2) is 67.1 Å². The van der Waals surface area contributed by atoms with Gasteiger partial charge in [-0.25, -0.2) is 9.50 Å². The van der Waals surface area contributed by atoms with Gasteiger partial charge in [0, 0.05) is 49.7 Å².